The molecule has 0 aliphatic heterocycles. The lowest BCUT2D eigenvalue weighted by Gasteiger charge is -2.12. The van der Waals surface area contributed by atoms with Gasteiger partial charge in [-0.3, -0.25) is 4.79 Å². The molecule has 2 heterocycles. The molecule has 0 fully saturated rings. The Balaban J connectivity index is 1.38. The van der Waals surface area contributed by atoms with Gasteiger partial charge in [0.2, 0.25) is 0 Å². The highest BCUT2D eigenvalue weighted by atomic mass is 16.5. The van der Waals surface area contributed by atoms with E-state index < -0.39 is 0 Å². The molecule has 2 aromatic carbocycles. The molecular weight excluding hydrogens is 378 g/mol. The van der Waals surface area contributed by atoms with E-state index in [9.17, 15) is 4.79 Å². The van der Waals surface area contributed by atoms with Crippen molar-refractivity contribution in [3.05, 3.63) is 84.1 Å². The maximum atomic E-state index is 12.1. The normalized spacial score (nSPS) is 11.0. The summed E-state index contributed by atoms with van der Waals surface area (Å²) in [4.78, 5) is 16.8. The third-order valence-electron chi connectivity index (χ3n) is 4.99. The van der Waals surface area contributed by atoms with Crippen LogP contribution in [0, 0.1) is 6.92 Å². The molecular formula is C24H25N3O3. The highest BCUT2D eigenvalue weighted by Crippen LogP contribution is 2.19. The fraction of sp³-hybridized carbons (Fsp3) is 0.250. The fourth-order valence-electron chi connectivity index (χ4n) is 3.47. The summed E-state index contributed by atoms with van der Waals surface area (Å²) in [6.45, 7) is 3.97. The highest BCUT2D eigenvalue weighted by Gasteiger charge is 2.12. The predicted octanol–water partition coefficient (Wildman–Crippen LogP) is 4.38. The minimum Gasteiger partial charge on any atom is -0.493 e. The van der Waals surface area contributed by atoms with Gasteiger partial charge in [-0.2, -0.15) is 0 Å². The number of carbonyl (C=O) groups excluding carboxylic acids is 1. The molecule has 1 amide bonds. The van der Waals surface area contributed by atoms with E-state index in [2.05, 4.69) is 16.0 Å². The summed E-state index contributed by atoms with van der Waals surface area (Å²) < 4.78 is 13.3. The number of carbonyl (C=O) groups is 1. The topological polar surface area (TPSA) is 69.3 Å². The van der Waals surface area contributed by atoms with Crippen molar-refractivity contribution in [2.45, 2.75) is 26.3 Å². The smallest absolute Gasteiger partial charge is 0.286 e. The summed E-state index contributed by atoms with van der Waals surface area (Å²) in [6, 6.07) is 19.5. The summed E-state index contributed by atoms with van der Waals surface area (Å²) in [6.07, 6.45) is 2.99. The SMILES string of the molecule is Cc1ccccc1OCCCn1c(CCNC(=O)c2ccco2)nc2ccccc21. The third kappa shape index (κ3) is 4.54. The van der Waals surface area contributed by atoms with Gasteiger partial charge in [-0.1, -0.05) is 30.3 Å². The first kappa shape index (κ1) is 19.8. The van der Waals surface area contributed by atoms with Crippen LogP contribution in [0.4, 0.5) is 0 Å². The van der Waals surface area contributed by atoms with Gasteiger partial charge in [0.25, 0.3) is 5.91 Å². The summed E-state index contributed by atoms with van der Waals surface area (Å²) in [5.74, 6) is 1.98. The van der Waals surface area contributed by atoms with Crippen LogP contribution in [0.3, 0.4) is 0 Å². The van der Waals surface area contributed by atoms with Crippen LogP contribution in [-0.2, 0) is 13.0 Å². The van der Waals surface area contributed by atoms with Gasteiger partial charge in [0.05, 0.1) is 23.9 Å². The van der Waals surface area contributed by atoms with Crippen molar-refractivity contribution in [1.82, 2.24) is 14.9 Å². The molecule has 0 aliphatic rings. The molecule has 0 aliphatic carbocycles. The number of aromatic nitrogens is 2. The van der Waals surface area contributed by atoms with E-state index in [0.717, 1.165) is 41.1 Å². The maximum Gasteiger partial charge on any atom is 0.286 e. The lowest BCUT2D eigenvalue weighted by atomic mass is 10.2. The Morgan fingerprint density at radius 1 is 1.10 bits per heavy atom. The number of nitrogens with one attached hydrogen (secondary N) is 1. The molecule has 6 heteroatoms. The molecule has 4 aromatic rings. The van der Waals surface area contributed by atoms with Crippen molar-refractivity contribution in [3.63, 3.8) is 0 Å². The molecule has 0 spiro atoms. The standard InChI is InChI=1S/C24H25N3O3/c1-18-8-2-5-11-21(18)29-17-7-15-27-20-10-4-3-9-19(20)26-23(27)13-14-25-24(28)22-12-6-16-30-22/h2-6,8-12,16H,7,13-15,17H2,1H3,(H,25,28). The molecule has 30 heavy (non-hydrogen) atoms. The van der Waals surface area contributed by atoms with Crippen molar-refractivity contribution in [2.75, 3.05) is 13.2 Å². The molecule has 0 bridgehead atoms. The number of rotatable bonds is 9. The summed E-state index contributed by atoms with van der Waals surface area (Å²) in [5.41, 5.74) is 3.20. The van der Waals surface area contributed by atoms with Crippen LogP contribution >= 0.6 is 0 Å². The predicted molar refractivity (Wildman–Crippen MR) is 116 cm³/mol. The van der Waals surface area contributed by atoms with E-state index in [1.165, 1.54) is 6.26 Å². The van der Waals surface area contributed by atoms with Crippen LogP contribution < -0.4 is 10.1 Å². The first-order valence-electron chi connectivity index (χ1n) is 10.2. The van der Waals surface area contributed by atoms with Crippen molar-refractivity contribution in [1.29, 1.82) is 0 Å². The Labute approximate surface area is 175 Å². The van der Waals surface area contributed by atoms with Crippen LogP contribution in [0.15, 0.2) is 71.3 Å². The Hall–Kier alpha value is -3.54. The number of furan rings is 1. The van der Waals surface area contributed by atoms with Gasteiger partial charge in [-0.25, -0.2) is 4.98 Å². The number of imidazole rings is 1. The van der Waals surface area contributed by atoms with E-state index in [0.29, 0.717) is 25.3 Å². The second-order valence-electron chi connectivity index (χ2n) is 7.12. The minimum atomic E-state index is -0.214. The van der Waals surface area contributed by atoms with Gasteiger partial charge >= 0.3 is 0 Å². The monoisotopic (exact) mass is 403 g/mol. The van der Waals surface area contributed by atoms with E-state index in [1.807, 2.05) is 49.4 Å². The fourth-order valence-corrected chi connectivity index (χ4v) is 3.47. The highest BCUT2D eigenvalue weighted by molar-refractivity contribution is 5.91. The van der Waals surface area contributed by atoms with E-state index >= 15 is 0 Å². The molecule has 0 saturated heterocycles. The molecule has 1 N–H and O–H groups in total. The molecule has 0 unspecified atom stereocenters. The maximum absolute atomic E-state index is 12.1. The summed E-state index contributed by atoms with van der Waals surface area (Å²) in [7, 11) is 0. The summed E-state index contributed by atoms with van der Waals surface area (Å²) in [5, 5.41) is 2.89. The molecule has 0 radical (unpaired) electrons. The van der Waals surface area contributed by atoms with Crippen LogP contribution in [0.1, 0.15) is 28.4 Å². The quantitative estimate of drug-likeness (QED) is 0.421. The zero-order chi connectivity index (χ0) is 20.8. The van der Waals surface area contributed by atoms with Crippen molar-refractivity contribution >= 4 is 16.9 Å². The van der Waals surface area contributed by atoms with E-state index in [4.69, 9.17) is 14.1 Å². The van der Waals surface area contributed by atoms with Crippen LogP contribution in [0.5, 0.6) is 5.75 Å². The number of nitrogens with zero attached hydrogens (tertiary/aromatic N) is 2. The summed E-state index contributed by atoms with van der Waals surface area (Å²) >= 11 is 0. The van der Waals surface area contributed by atoms with Crippen LogP contribution in [0.2, 0.25) is 0 Å². The lowest BCUT2D eigenvalue weighted by molar-refractivity contribution is 0.0926. The Kier molecular flexibility index (Phi) is 6.13. The van der Waals surface area contributed by atoms with Crippen LogP contribution in [0.25, 0.3) is 11.0 Å². The van der Waals surface area contributed by atoms with Gasteiger partial charge in [0, 0.05) is 19.5 Å². The molecule has 154 valence electrons. The largest absolute Gasteiger partial charge is 0.493 e. The van der Waals surface area contributed by atoms with Gasteiger partial charge in [0.1, 0.15) is 11.6 Å². The third-order valence-corrected chi connectivity index (χ3v) is 4.99. The number of ether oxygens (including phenoxy) is 1. The molecule has 6 nitrogen and oxygen atoms in total. The van der Waals surface area contributed by atoms with E-state index in [1.54, 1.807) is 12.1 Å². The number of para-hydroxylation sites is 3. The van der Waals surface area contributed by atoms with Gasteiger partial charge in [-0.15, -0.1) is 0 Å². The second kappa shape index (κ2) is 9.31. The van der Waals surface area contributed by atoms with Crippen molar-refractivity contribution in [3.8, 4) is 5.75 Å². The first-order valence-corrected chi connectivity index (χ1v) is 10.2. The number of aryl methyl sites for hydroxylation is 2. The van der Waals surface area contributed by atoms with Gasteiger partial charge in [-0.05, 0) is 49.2 Å². The van der Waals surface area contributed by atoms with Gasteiger partial charge < -0.3 is 19.0 Å². The lowest BCUT2D eigenvalue weighted by Crippen LogP contribution is -2.26. The average Bonchev–Trinajstić information content (AvgIpc) is 3.41. The number of hydrogen-bond acceptors (Lipinski definition) is 4. The number of amides is 1. The zero-order valence-electron chi connectivity index (χ0n) is 17.0. The zero-order valence-corrected chi connectivity index (χ0v) is 17.0. The Morgan fingerprint density at radius 3 is 2.77 bits per heavy atom. The van der Waals surface area contributed by atoms with Crippen LogP contribution in [-0.4, -0.2) is 28.6 Å². The van der Waals surface area contributed by atoms with Gasteiger partial charge in [0.15, 0.2) is 5.76 Å². The molecule has 0 atom stereocenters. The number of hydrogen-bond donors (Lipinski definition) is 1. The number of benzene rings is 2. The van der Waals surface area contributed by atoms with E-state index in [-0.39, 0.29) is 5.91 Å². The minimum absolute atomic E-state index is 0.214. The Bertz CT molecular complexity index is 1120. The van der Waals surface area contributed by atoms with Crippen molar-refractivity contribution < 1.29 is 13.9 Å². The Morgan fingerprint density at radius 2 is 1.93 bits per heavy atom. The average molecular weight is 403 g/mol. The molecule has 4 rings (SSSR count). The number of fused-ring (bicyclic) bond motifs is 1. The second-order valence-corrected chi connectivity index (χ2v) is 7.12. The first-order chi connectivity index (χ1) is 14.7. The van der Waals surface area contributed by atoms with Crippen molar-refractivity contribution in [2.24, 2.45) is 0 Å². The molecule has 2 aromatic heterocycles. The molecule has 0 saturated carbocycles.